The Labute approximate surface area is 170 Å². The maximum atomic E-state index is 5.45. The molecule has 0 bridgehead atoms. The van der Waals surface area contributed by atoms with Crippen LogP contribution in [0.4, 0.5) is 5.95 Å². The molecule has 0 N–H and O–H groups in total. The highest BCUT2D eigenvalue weighted by Gasteiger charge is 2.17. The minimum atomic E-state index is 0.453. The van der Waals surface area contributed by atoms with Crippen molar-refractivity contribution in [2.24, 2.45) is 0 Å². The van der Waals surface area contributed by atoms with E-state index in [1.807, 2.05) is 55.5 Å². The lowest BCUT2D eigenvalue weighted by molar-refractivity contribution is 0.122. The van der Waals surface area contributed by atoms with Gasteiger partial charge < -0.3 is 14.4 Å². The summed E-state index contributed by atoms with van der Waals surface area (Å²) < 4.78 is 10.7. The number of methoxy groups -OCH3 is 1. The van der Waals surface area contributed by atoms with Crippen LogP contribution in [0, 0.1) is 18.8 Å². The molecule has 6 heteroatoms. The number of anilines is 1. The molecule has 4 rings (SSSR count). The number of nitrogens with zero attached hydrogens (tertiary/aromatic N) is 4. The first-order chi connectivity index (χ1) is 14.2. The van der Waals surface area contributed by atoms with Crippen molar-refractivity contribution in [1.29, 1.82) is 0 Å². The Kier molecular flexibility index (Phi) is 5.68. The third-order valence-corrected chi connectivity index (χ3v) is 4.60. The molecule has 1 aliphatic rings. The average Bonchev–Trinajstić information content (AvgIpc) is 2.78. The van der Waals surface area contributed by atoms with E-state index in [4.69, 9.17) is 14.5 Å². The number of hydrogen-bond acceptors (Lipinski definition) is 6. The fraction of sp³-hybridized carbons (Fsp3) is 0.261. The van der Waals surface area contributed by atoms with E-state index in [1.165, 1.54) is 5.56 Å². The molecule has 0 radical (unpaired) electrons. The first kappa shape index (κ1) is 18.9. The van der Waals surface area contributed by atoms with Gasteiger partial charge in [0.25, 0.3) is 0 Å². The topological polar surface area (TPSA) is 60.4 Å². The van der Waals surface area contributed by atoms with Crippen molar-refractivity contribution in [3.8, 4) is 29.0 Å². The molecule has 0 spiro atoms. The molecule has 0 amide bonds. The molecule has 29 heavy (non-hydrogen) atoms. The Morgan fingerprint density at radius 2 is 1.76 bits per heavy atom. The summed E-state index contributed by atoms with van der Waals surface area (Å²) in [6, 6.07) is 15.7. The van der Waals surface area contributed by atoms with Crippen LogP contribution >= 0.6 is 0 Å². The first-order valence-corrected chi connectivity index (χ1v) is 9.53. The molecule has 3 aromatic rings. The zero-order chi connectivity index (χ0) is 20.1. The molecule has 1 aliphatic heterocycles. The maximum Gasteiger partial charge on any atom is 0.230 e. The van der Waals surface area contributed by atoms with Gasteiger partial charge in [-0.2, -0.15) is 9.97 Å². The fourth-order valence-corrected chi connectivity index (χ4v) is 3.05. The highest BCUT2D eigenvalue weighted by molar-refractivity contribution is 5.58. The van der Waals surface area contributed by atoms with E-state index in [-0.39, 0.29) is 0 Å². The molecule has 0 aliphatic carbocycles. The Hall–Kier alpha value is -3.43. The number of hydrogen-bond donors (Lipinski definition) is 0. The molecule has 0 saturated carbocycles. The van der Waals surface area contributed by atoms with E-state index in [1.54, 1.807) is 7.11 Å². The third-order valence-electron chi connectivity index (χ3n) is 4.60. The first-order valence-electron chi connectivity index (χ1n) is 9.53. The Bertz CT molecular complexity index is 1050. The summed E-state index contributed by atoms with van der Waals surface area (Å²) in [6.07, 6.45) is 0. The van der Waals surface area contributed by atoms with Gasteiger partial charge in [-0.1, -0.05) is 18.1 Å². The summed E-state index contributed by atoms with van der Waals surface area (Å²) in [5, 5.41) is 0. The molecule has 2 aromatic carbocycles. The van der Waals surface area contributed by atoms with Gasteiger partial charge in [-0.25, -0.2) is 4.98 Å². The van der Waals surface area contributed by atoms with Gasteiger partial charge in [-0.15, -0.1) is 0 Å². The second-order valence-corrected chi connectivity index (χ2v) is 6.73. The summed E-state index contributed by atoms with van der Waals surface area (Å²) >= 11 is 0. The van der Waals surface area contributed by atoms with Gasteiger partial charge in [-0.05, 0) is 54.8 Å². The lowest BCUT2D eigenvalue weighted by Crippen LogP contribution is -2.37. The van der Waals surface area contributed by atoms with Gasteiger partial charge in [0.1, 0.15) is 5.75 Å². The largest absolute Gasteiger partial charge is 0.497 e. The molecular formula is C23H22N4O2. The van der Waals surface area contributed by atoms with Crippen LogP contribution in [0.2, 0.25) is 0 Å². The number of benzene rings is 2. The minimum absolute atomic E-state index is 0.453. The van der Waals surface area contributed by atoms with Gasteiger partial charge in [0.05, 0.1) is 20.3 Å². The third kappa shape index (κ3) is 4.71. The number of aryl methyl sites for hydroxylation is 1. The Balaban J connectivity index is 1.73. The van der Waals surface area contributed by atoms with Crippen LogP contribution in [0.25, 0.3) is 11.4 Å². The molecule has 6 nitrogen and oxygen atoms in total. The summed E-state index contributed by atoms with van der Waals surface area (Å²) in [5.41, 5.74) is 2.99. The second kappa shape index (κ2) is 8.72. The number of rotatable bonds is 3. The number of ether oxygens (including phenoxy) is 2. The van der Waals surface area contributed by atoms with Crippen LogP contribution in [-0.4, -0.2) is 48.4 Å². The highest BCUT2D eigenvalue weighted by Crippen LogP contribution is 2.21. The molecule has 1 aromatic heterocycles. The van der Waals surface area contributed by atoms with Gasteiger partial charge in [0.2, 0.25) is 11.8 Å². The SMILES string of the molecule is COc1ccc(-c2nc(C#Cc3cccc(C)c3)nc(N3CCOCC3)n2)cc1. The molecule has 1 fully saturated rings. The van der Waals surface area contributed by atoms with Crippen LogP contribution in [0.15, 0.2) is 48.5 Å². The summed E-state index contributed by atoms with van der Waals surface area (Å²) in [4.78, 5) is 16.0. The zero-order valence-corrected chi connectivity index (χ0v) is 16.6. The van der Waals surface area contributed by atoms with Crippen molar-refractivity contribution in [3.63, 3.8) is 0 Å². The van der Waals surface area contributed by atoms with E-state index >= 15 is 0 Å². The predicted octanol–water partition coefficient (Wildman–Crippen LogP) is 3.09. The normalized spacial score (nSPS) is 13.5. The van der Waals surface area contributed by atoms with Crippen molar-refractivity contribution >= 4 is 5.95 Å². The van der Waals surface area contributed by atoms with Crippen LogP contribution in [0.1, 0.15) is 17.0 Å². The summed E-state index contributed by atoms with van der Waals surface area (Å²) in [7, 11) is 1.65. The Morgan fingerprint density at radius 1 is 0.966 bits per heavy atom. The highest BCUT2D eigenvalue weighted by atomic mass is 16.5. The van der Waals surface area contributed by atoms with Crippen LogP contribution in [-0.2, 0) is 4.74 Å². The second-order valence-electron chi connectivity index (χ2n) is 6.73. The zero-order valence-electron chi connectivity index (χ0n) is 16.6. The van der Waals surface area contributed by atoms with Gasteiger partial charge in [-0.3, -0.25) is 0 Å². The lowest BCUT2D eigenvalue weighted by Gasteiger charge is -2.26. The Morgan fingerprint density at radius 3 is 2.48 bits per heavy atom. The van der Waals surface area contributed by atoms with Crippen LogP contribution in [0.5, 0.6) is 5.75 Å². The molecule has 146 valence electrons. The minimum Gasteiger partial charge on any atom is -0.497 e. The quantitative estimate of drug-likeness (QED) is 0.645. The van der Waals surface area contributed by atoms with E-state index < -0.39 is 0 Å². The van der Waals surface area contributed by atoms with E-state index in [9.17, 15) is 0 Å². The van der Waals surface area contributed by atoms with E-state index in [0.29, 0.717) is 30.8 Å². The van der Waals surface area contributed by atoms with Crippen molar-refractivity contribution in [2.45, 2.75) is 6.92 Å². The van der Waals surface area contributed by atoms with Crippen molar-refractivity contribution < 1.29 is 9.47 Å². The summed E-state index contributed by atoms with van der Waals surface area (Å²) in [6.45, 7) is 4.86. The molecule has 1 saturated heterocycles. The molecule has 2 heterocycles. The maximum absolute atomic E-state index is 5.45. The van der Waals surface area contributed by atoms with Crippen molar-refractivity contribution in [3.05, 3.63) is 65.5 Å². The van der Waals surface area contributed by atoms with E-state index in [2.05, 4.69) is 26.7 Å². The van der Waals surface area contributed by atoms with Crippen molar-refractivity contribution in [2.75, 3.05) is 38.3 Å². The number of aromatic nitrogens is 3. The summed E-state index contributed by atoms with van der Waals surface area (Å²) in [5.74, 6) is 8.73. The molecule has 0 atom stereocenters. The van der Waals surface area contributed by atoms with Gasteiger partial charge >= 0.3 is 0 Å². The van der Waals surface area contributed by atoms with Crippen molar-refractivity contribution in [1.82, 2.24) is 15.0 Å². The molecular weight excluding hydrogens is 364 g/mol. The predicted molar refractivity (Wildman–Crippen MR) is 112 cm³/mol. The standard InChI is InChI=1S/C23H22N4O2/c1-17-4-3-5-18(16-17)6-11-21-24-22(19-7-9-20(28-2)10-8-19)26-23(25-21)27-12-14-29-15-13-27/h3-5,7-10,16H,12-15H2,1-2H3. The number of morpholine rings is 1. The fourth-order valence-electron chi connectivity index (χ4n) is 3.05. The van der Waals surface area contributed by atoms with Crippen LogP contribution in [0.3, 0.4) is 0 Å². The smallest absolute Gasteiger partial charge is 0.230 e. The van der Waals surface area contributed by atoms with Gasteiger partial charge in [0, 0.05) is 24.2 Å². The average molecular weight is 386 g/mol. The monoisotopic (exact) mass is 386 g/mol. The van der Waals surface area contributed by atoms with Crippen LogP contribution < -0.4 is 9.64 Å². The van der Waals surface area contributed by atoms with E-state index in [0.717, 1.165) is 30.0 Å². The lowest BCUT2D eigenvalue weighted by atomic mass is 10.1. The molecule has 0 unspecified atom stereocenters. The van der Waals surface area contributed by atoms with Gasteiger partial charge in [0.15, 0.2) is 5.82 Å².